The molecule has 20 heavy (non-hydrogen) atoms. The Balaban J connectivity index is 1.91. The van der Waals surface area contributed by atoms with Gasteiger partial charge in [0.2, 0.25) is 0 Å². The van der Waals surface area contributed by atoms with Gasteiger partial charge in [0.1, 0.15) is 5.75 Å². The smallest absolute Gasteiger partial charge is 0.436 e. The second kappa shape index (κ2) is 6.05. The molecule has 106 valence electrons. The Morgan fingerprint density at radius 2 is 1.80 bits per heavy atom. The lowest BCUT2D eigenvalue weighted by Gasteiger charge is -2.13. The highest BCUT2D eigenvalue weighted by molar-refractivity contribution is 6.02. The van der Waals surface area contributed by atoms with E-state index < -0.39 is 17.9 Å². The second-order valence-electron chi connectivity index (χ2n) is 4.04. The fourth-order valence-corrected chi connectivity index (χ4v) is 1.68. The van der Waals surface area contributed by atoms with Crippen molar-refractivity contribution in [2.45, 2.75) is 19.8 Å². The third kappa shape index (κ3) is 3.25. The number of hydroxylamine groups is 2. The minimum Gasteiger partial charge on any atom is -0.494 e. The quantitative estimate of drug-likeness (QED) is 0.847. The van der Waals surface area contributed by atoms with E-state index in [0.717, 1.165) is 0 Å². The maximum absolute atomic E-state index is 11.6. The van der Waals surface area contributed by atoms with Crippen molar-refractivity contribution in [2.24, 2.45) is 0 Å². The third-order valence-corrected chi connectivity index (χ3v) is 2.59. The van der Waals surface area contributed by atoms with Gasteiger partial charge in [-0.3, -0.25) is 14.9 Å². The summed E-state index contributed by atoms with van der Waals surface area (Å²) < 4.78 is 5.26. The first-order valence-electron chi connectivity index (χ1n) is 6.17. The van der Waals surface area contributed by atoms with Crippen LogP contribution in [0.2, 0.25) is 0 Å². The molecule has 7 nitrogen and oxygen atoms in total. The molecule has 7 heteroatoms. The molecule has 0 atom stereocenters. The van der Waals surface area contributed by atoms with Crippen molar-refractivity contribution in [3.05, 3.63) is 24.3 Å². The van der Waals surface area contributed by atoms with Crippen molar-refractivity contribution < 1.29 is 24.0 Å². The van der Waals surface area contributed by atoms with Gasteiger partial charge in [-0.05, 0) is 31.2 Å². The van der Waals surface area contributed by atoms with Crippen LogP contribution in [0.15, 0.2) is 24.3 Å². The Morgan fingerprint density at radius 3 is 2.35 bits per heavy atom. The fourth-order valence-electron chi connectivity index (χ4n) is 1.68. The summed E-state index contributed by atoms with van der Waals surface area (Å²) in [5, 5.41) is 2.91. The number of rotatable bonds is 4. The van der Waals surface area contributed by atoms with E-state index >= 15 is 0 Å². The van der Waals surface area contributed by atoms with Crippen molar-refractivity contribution in [3.63, 3.8) is 0 Å². The first-order chi connectivity index (χ1) is 9.60. The standard InChI is InChI=1S/C13H14N2O5/c1-2-19-10-5-3-9(4-6-10)14-13(18)20-15-11(16)7-8-12(15)17/h3-6H,2,7-8H2,1H3,(H,14,18). The van der Waals surface area contributed by atoms with Gasteiger partial charge >= 0.3 is 6.09 Å². The van der Waals surface area contributed by atoms with Gasteiger partial charge in [0.05, 0.1) is 6.61 Å². The van der Waals surface area contributed by atoms with E-state index in [1.165, 1.54) is 0 Å². The number of imide groups is 1. The van der Waals surface area contributed by atoms with Crippen molar-refractivity contribution in [1.29, 1.82) is 0 Å². The summed E-state index contributed by atoms with van der Waals surface area (Å²) in [6.07, 6.45) is -0.762. The molecule has 0 saturated carbocycles. The molecule has 1 fully saturated rings. The zero-order valence-electron chi connectivity index (χ0n) is 10.9. The van der Waals surface area contributed by atoms with Gasteiger partial charge in [-0.25, -0.2) is 4.79 Å². The summed E-state index contributed by atoms with van der Waals surface area (Å²) in [4.78, 5) is 38.8. The highest BCUT2D eigenvalue weighted by Crippen LogP contribution is 2.17. The van der Waals surface area contributed by atoms with Crippen molar-refractivity contribution >= 4 is 23.6 Å². The van der Waals surface area contributed by atoms with Gasteiger partial charge in [-0.1, -0.05) is 0 Å². The Labute approximate surface area is 115 Å². The number of benzene rings is 1. The number of hydrogen-bond donors (Lipinski definition) is 1. The maximum Gasteiger partial charge on any atom is 0.436 e. The van der Waals surface area contributed by atoms with Crippen molar-refractivity contribution in [2.75, 3.05) is 11.9 Å². The minimum absolute atomic E-state index is 0.0646. The van der Waals surface area contributed by atoms with Crippen molar-refractivity contribution in [1.82, 2.24) is 5.06 Å². The highest BCUT2D eigenvalue weighted by Gasteiger charge is 2.32. The zero-order valence-corrected chi connectivity index (χ0v) is 10.9. The topological polar surface area (TPSA) is 84.9 Å². The van der Waals surface area contributed by atoms with Crippen LogP contribution in [0, 0.1) is 0 Å². The largest absolute Gasteiger partial charge is 0.494 e. The molecule has 1 heterocycles. The van der Waals surface area contributed by atoms with Crippen LogP contribution in [0.3, 0.4) is 0 Å². The summed E-state index contributed by atoms with van der Waals surface area (Å²) >= 11 is 0. The molecule has 0 bridgehead atoms. The molecule has 0 spiro atoms. The third-order valence-electron chi connectivity index (χ3n) is 2.59. The van der Waals surface area contributed by atoms with Gasteiger partial charge in [0.15, 0.2) is 0 Å². The second-order valence-corrected chi connectivity index (χ2v) is 4.04. The van der Waals surface area contributed by atoms with E-state index in [2.05, 4.69) is 10.2 Å². The van der Waals surface area contributed by atoms with E-state index in [-0.39, 0.29) is 12.8 Å². The fraction of sp³-hybridized carbons (Fsp3) is 0.308. The van der Waals surface area contributed by atoms with E-state index in [0.29, 0.717) is 23.1 Å². The monoisotopic (exact) mass is 278 g/mol. The van der Waals surface area contributed by atoms with Crippen LogP contribution in [-0.4, -0.2) is 29.6 Å². The number of nitrogens with one attached hydrogen (secondary N) is 1. The lowest BCUT2D eigenvalue weighted by Crippen LogP contribution is -2.33. The van der Waals surface area contributed by atoms with Crippen LogP contribution >= 0.6 is 0 Å². The Morgan fingerprint density at radius 1 is 1.20 bits per heavy atom. The average Bonchev–Trinajstić information content (AvgIpc) is 2.73. The number of nitrogens with zero attached hydrogens (tertiary/aromatic N) is 1. The molecule has 1 saturated heterocycles. The van der Waals surface area contributed by atoms with Crippen LogP contribution in [0.5, 0.6) is 5.75 Å². The van der Waals surface area contributed by atoms with Gasteiger partial charge in [-0.15, -0.1) is 5.06 Å². The summed E-state index contributed by atoms with van der Waals surface area (Å²) in [5.41, 5.74) is 0.470. The SMILES string of the molecule is CCOc1ccc(NC(=O)ON2C(=O)CCC2=O)cc1. The van der Waals surface area contributed by atoms with Crippen LogP contribution in [0.1, 0.15) is 19.8 Å². The first-order valence-corrected chi connectivity index (χ1v) is 6.17. The number of anilines is 1. The first kappa shape index (κ1) is 13.9. The maximum atomic E-state index is 11.6. The van der Waals surface area contributed by atoms with E-state index in [9.17, 15) is 14.4 Å². The zero-order chi connectivity index (χ0) is 14.5. The molecule has 1 aliphatic rings. The lowest BCUT2D eigenvalue weighted by atomic mass is 10.3. The van der Waals surface area contributed by atoms with Gasteiger partial charge in [0.25, 0.3) is 11.8 Å². The van der Waals surface area contributed by atoms with Gasteiger partial charge in [0, 0.05) is 18.5 Å². The summed E-state index contributed by atoms with van der Waals surface area (Å²) in [7, 11) is 0. The average molecular weight is 278 g/mol. The molecule has 0 aromatic heterocycles. The van der Waals surface area contributed by atoms with Crippen LogP contribution in [0.25, 0.3) is 0 Å². The number of ether oxygens (including phenoxy) is 1. The molecule has 1 aromatic rings. The summed E-state index contributed by atoms with van der Waals surface area (Å²) in [6, 6.07) is 6.62. The molecule has 0 unspecified atom stereocenters. The summed E-state index contributed by atoms with van der Waals surface area (Å²) in [6.45, 7) is 2.42. The number of carbonyl (C=O) groups is 3. The molecule has 2 rings (SSSR count). The normalized spacial score (nSPS) is 14.3. The predicted octanol–water partition coefficient (Wildman–Crippen LogP) is 1.70. The molecule has 0 radical (unpaired) electrons. The van der Waals surface area contributed by atoms with E-state index in [1.54, 1.807) is 24.3 Å². The Bertz CT molecular complexity index is 510. The minimum atomic E-state index is -0.891. The molecule has 3 amide bonds. The summed E-state index contributed by atoms with van der Waals surface area (Å²) in [5.74, 6) is -0.356. The van der Waals surface area contributed by atoms with Gasteiger partial charge in [-0.2, -0.15) is 0 Å². The van der Waals surface area contributed by atoms with Crippen LogP contribution in [0.4, 0.5) is 10.5 Å². The molecule has 1 aliphatic heterocycles. The molecule has 1 N–H and O–H groups in total. The Hall–Kier alpha value is -2.57. The van der Waals surface area contributed by atoms with Crippen LogP contribution in [-0.2, 0) is 14.4 Å². The molecular formula is C13H14N2O5. The number of carbonyl (C=O) groups excluding carboxylic acids is 3. The number of hydrogen-bond acceptors (Lipinski definition) is 5. The molecule has 1 aromatic carbocycles. The van der Waals surface area contributed by atoms with Gasteiger partial charge < -0.3 is 9.57 Å². The van der Waals surface area contributed by atoms with Crippen LogP contribution < -0.4 is 10.1 Å². The molecule has 0 aliphatic carbocycles. The highest BCUT2D eigenvalue weighted by atomic mass is 16.7. The van der Waals surface area contributed by atoms with E-state index in [4.69, 9.17) is 4.74 Å². The van der Waals surface area contributed by atoms with E-state index in [1.807, 2.05) is 6.92 Å². The number of amides is 3. The Kier molecular flexibility index (Phi) is 4.19. The van der Waals surface area contributed by atoms with Crippen molar-refractivity contribution in [3.8, 4) is 5.75 Å². The predicted molar refractivity (Wildman–Crippen MR) is 68.8 cm³/mol. The lowest BCUT2D eigenvalue weighted by molar-refractivity contribution is -0.170. The molecular weight excluding hydrogens is 264 g/mol.